The predicted molar refractivity (Wildman–Crippen MR) is 155 cm³/mol. The number of halogens is 2. The standard InChI is InChI=1S/C26H27ClN4O3S2.ClH/c1-17-14-23-24(15-18(17)2)35-26(28-23)31(13-12-30(3)4)25(32)19-6-5-7-21(16-19)29-36(33,34)22-10-8-20(27)9-11-22;/h5-11,14-16,29H,12-13H2,1-4H3;1H. The molecule has 1 aromatic heterocycles. The third kappa shape index (κ3) is 6.80. The summed E-state index contributed by atoms with van der Waals surface area (Å²) in [6, 6.07) is 16.5. The Bertz CT molecular complexity index is 1480. The Labute approximate surface area is 232 Å². The molecular weight excluding hydrogens is 551 g/mol. The maximum atomic E-state index is 13.7. The number of hydrogen-bond acceptors (Lipinski definition) is 6. The normalized spacial score (nSPS) is 11.4. The number of benzene rings is 3. The van der Waals surface area contributed by atoms with Crippen molar-refractivity contribution in [2.75, 3.05) is 36.8 Å². The molecule has 0 atom stereocenters. The van der Waals surface area contributed by atoms with Gasteiger partial charge in [-0.25, -0.2) is 13.4 Å². The van der Waals surface area contributed by atoms with Crippen molar-refractivity contribution in [3.63, 3.8) is 0 Å². The van der Waals surface area contributed by atoms with E-state index >= 15 is 0 Å². The van der Waals surface area contributed by atoms with E-state index in [9.17, 15) is 13.2 Å². The molecule has 0 aliphatic heterocycles. The monoisotopic (exact) mass is 578 g/mol. The molecular formula is C26H28Cl2N4O3S2. The summed E-state index contributed by atoms with van der Waals surface area (Å²) in [4.78, 5) is 22.2. The van der Waals surface area contributed by atoms with Gasteiger partial charge in [0.2, 0.25) is 0 Å². The van der Waals surface area contributed by atoms with Crippen LogP contribution in [0.15, 0.2) is 65.6 Å². The number of aromatic nitrogens is 1. The maximum Gasteiger partial charge on any atom is 0.261 e. The predicted octanol–water partition coefficient (Wildman–Crippen LogP) is 6.00. The lowest BCUT2D eigenvalue weighted by Gasteiger charge is -2.22. The lowest BCUT2D eigenvalue weighted by atomic mass is 10.1. The Balaban J connectivity index is 0.00000380. The highest BCUT2D eigenvalue weighted by molar-refractivity contribution is 7.92. The van der Waals surface area contributed by atoms with E-state index in [1.165, 1.54) is 41.2 Å². The van der Waals surface area contributed by atoms with Crippen molar-refractivity contribution in [1.82, 2.24) is 9.88 Å². The molecule has 7 nitrogen and oxygen atoms in total. The molecule has 0 aliphatic carbocycles. The summed E-state index contributed by atoms with van der Waals surface area (Å²) in [7, 11) is 0.0462. The van der Waals surface area contributed by atoms with Gasteiger partial charge in [0.05, 0.1) is 15.1 Å². The fourth-order valence-corrected chi connectivity index (χ4v) is 5.81. The number of carbonyl (C=O) groups is 1. The van der Waals surface area contributed by atoms with Gasteiger partial charge in [-0.2, -0.15) is 0 Å². The molecule has 0 aliphatic rings. The molecule has 0 fully saturated rings. The number of fused-ring (bicyclic) bond motifs is 1. The van der Waals surface area contributed by atoms with E-state index < -0.39 is 10.0 Å². The topological polar surface area (TPSA) is 82.6 Å². The summed E-state index contributed by atoms with van der Waals surface area (Å²) in [6.45, 7) is 5.17. The van der Waals surface area contributed by atoms with Gasteiger partial charge in [0.15, 0.2) is 5.13 Å². The van der Waals surface area contributed by atoms with E-state index in [2.05, 4.69) is 17.7 Å². The first-order chi connectivity index (χ1) is 17.0. The van der Waals surface area contributed by atoms with Gasteiger partial charge < -0.3 is 4.90 Å². The SMILES string of the molecule is Cc1cc2nc(N(CCN(C)C)C(=O)c3cccc(NS(=O)(=O)c4ccc(Cl)cc4)c3)sc2cc1C.Cl. The van der Waals surface area contributed by atoms with Crippen LogP contribution in [0.4, 0.5) is 10.8 Å². The third-order valence-electron chi connectivity index (χ3n) is 5.73. The van der Waals surface area contributed by atoms with Gasteiger partial charge in [0.1, 0.15) is 0 Å². The molecule has 4 rings (SSSR count). The van der Waals surface area contributed by atoms with Gasteiger partial charge >= 0.3 is 0 Å². The van der Waals surface area contributed by atoms with Gasteiger partial charge in [-0.15, -0.1) is 12.4 Å². The molecule has 0 spiro atoms. The largest absolute Gasteiger partial charge is 0.308 e. The van der Waals surface area contributed by atoms with Gasteiger partial charge in [-0.3, -0.25) is 14.4 Å². The number of nitrogens with zero attached hydrogens (tertiary/aromatic N) is 3. The van der Waals surface area contributed by atoms with Crippen LogP contribution in [0.5, 0.6) is 0 Å². The van der Waals surface area contributed by atoms with Gasteiger partial charge in [0.25, 0.3) is 15.9 Å². The molecule has 1 amide bonds. The molecule has 11 heteroatoms. The Morgan fingerprint density at radius 2 is 1.68 bits per heavy atom. The van der Waals surface area contributed by atoms with E-state index in [1.54, 1.807) is 29.2 Å². The van der Waals surface area contributed by atoms with Crippen LogP contribution in [0.1, 0.15) is 21.5 Å². The van der Waals surface area contributed by atoms with Crippen LogP contribution >= 0.6 is 35.3 Å². The number of sulfonamides is 1. The minimum Gasteiger partial charge on any atom is -0.308 e. The zero-order chi connectivity index (χ0) is 26.0. The first-order valence-electron chi connectivity index (χ1n) is 11.3. The number of likely N-dealkylation sites (N-methyl/N-ethyl adjacent to an activating group) is 1. The smallest absolute Gasteiger partial charge is 0.261 e. The Hall–Kier alpha value is -2.69. The van der Waals surface area contributed by atoms with Crippen molar-refractivity contribution in [1.29, 1.82) is 0 Å². The van der Waals surface area contributed by atoms with E-state index in [-0.39, 0.29) is 23.2 Å². The molecule has 3 aromatic carbocycles. The molecule has 1 N–H and O–H groups in total. The van der Waals surface area contributed by atoms with E-state index in [4.69, 9.17) is 16.6 Å². The first-order valence-corrected chi connectivity index (χ1v) is 13.9. The highest BCUT2D eigenvalue weighted by atomic mass is 35.5. The Morgan fingerprint density at radius 3 is 2.35 bits per heavy atom. The zero-order valence-corrected chi connectivity index (χ0v) is 24.1. The van der Waals surface area contributed by atoms with Crippen molar-refractivity contribution in [2.45, 2.75) is 18.7 Å². The van der Waals surface area contributed by atoms with Crippen LogP contribution in [0.25, 0.3) is 10.2 Å². The molecule has 0 radical (unpaired) electrons. The summed E-state index contributed by atoms with van der Waals surface area (Å²) in [5.74, 6) is -0.253. The van der Waals surface area contributed by atoms with Crippen LogP contribution in [-0.2, 0) is 10.0 Å². The number of aryl methyl sites for hydroxylation is 2. The van der Waals surface area contributed by atoms with Crippen molar-refractivity contribution in [2.24, 2.45) is 0 Å². The summed E-state index contributed by atoms with van der Waals surface area (Å²) < 4.78 is 29.2. The van der Waals surface area contributed by atoms with Crippen molar-refractivity contribution in [3.8, 4) is 0 Å². The summed E-state index contributed by atoms with van der Waals surface area (Å²) in [5.41, 5.74) is 3.82. The molecule has 0 bridgehead atoms. The number of nitrogens with one attached hydrogen (secondary N) is 1. The number of hydrogen-bond donors (Lipinski definition) is 1. The second kappa shape index (κ2) is 11.8. The van der Waals surface area contributed by atoms with Crippen LogP contribution in [0.3, 0.4) is 0 Å². The van der Waals surface area contributed by atoms with Crippen molar-refractivity contribution in [3.05, 3.63) is 82.4 Å². The third-order valence-corrected chi connectivity index (χ3v) is 8.42. The van der Waals surface area contributed by atoms with Crippen LogP contribution in [0.2, 0.25) is 5.02 Å². The Morgan fingerprint density at radius 1 is 1.00 bits per heavy atom. The quantitative estimate of drug-likeness (QED) is 0.277. The van der Waals surface area contributed by atoms with E-state index in [1.807, 2.05) is 32.0 Å². The molecule has 4 aromatic rings. The lowest BCUT2D eigenvalue weighted by molar-refractivity contribution is 0.0985. The fraction of sp³-hybridized carbons (Fsp3) is 0.231. The van der Waals surface area contributed by atoms with Gasteiger partial charge in [-0.05, 0) is 93.7 Å². The highest BCUT2D eigenvalue weighted by Crippen LogP contribution is 2.32. The molecule has 37 heavy (non-hydrogen) atoms. The Kier molecular flexibility index (Phi) is 9.20. The number of anilines is 2. The molecule has 0 saturated carbocycles. The molecule has 196 valence electrons. The maximum absolute atomic E-state index is 13.7. The average molecular weight is 580 g/mol. The van der Waals surface area contributed by atoms with Crippen LogP contribution in [-0.4, -0.2) is 51.4 Å². The fourth-order valence-electron chi connectivity index (χ4n) is 3.57. The molecule has 1 heterocycles. The summed E-state index contributed by atoms with van der Waals surface area (Å²) in [5, 5.41) is 1.05. The molecule has 0 saturated heterocycles. The van der Waals surface area contributed by atoms with Gasteiger partial charge in [-0.1, -0.05) is 29.0 Å². The minimum absolute atomic E-state index is 0. The second-order valence-corrected chi connectivity index (χ2v) is 11.9. The van der Waals surface area contributed by atoms with Crippen LogP contribution < -0.4 is 9.62 Å². The van der Waals surface area contributed by atoms with E-state index in [0.29, 0.717) is 34.5 Å². The summed E-state index contributed by atoms with van der Waals surface area (Å²) >= 11 is 7.35. The average Bonchev–Trinajstić information content (AvgIpc) is 3.21. The van der Waals surface area contributed by atoms with Crippen molar-refractivity contribution >= 4 is 72.3 Å². The summed E-state index contributed by atoms with van der Waals surface area (Å²) in [6.07, 6.45) is 0. The highest BCUT2D eigenvalue weighted by Gasteiger charge is 2.23. The molecule has 0 unspecified atom stereocenters. The van der Waals surface area contributed by atoms with E-state index in [0.717, 1.165) is 15.8 Å². The number of thiazole rings is 1. The second-order valence-electron chi connectivity index (χ2n) is 8.80. The number of amides is 1. The van der Waals surface area contributed by atoms with Crippen molar-refractivity contribution < 1.29 is 13.2 Å². The number of rotatable bonds is 8. The lowest BCUT2D eigenvalue weighted by Crippen LogP contribution is -2.36. The minimum atomic E-state index is -3.84. The first kappa shape index (κ1) is 28.9. The van der Waals surface area contributed by atoms with Gasteiger partial charge in [0, 0.05) is 29.4 Å². The van der Waals surface area contributed by atoms with Crippen LogP contribution in [0, 0.1) is 13.8 Å². The number of carbonyl (C=O) groups excluding carboxylic acids is 1. The zero-order valence-electron chi connectivity index (χ0n) is 20.9.